The third kappa shape index (κ3) is 7.33. The molecule has 0 aromatic carbocycles. The predicted octanol–water partition coefficient (Wildman–Crippen LogP) is -0.218. The molecule has 0 saturated heterocycles. The zero-order valence-corrected chi connectivity index (χ0v) is 4.07. The molecule has 0 spiro atoms. The molecule has 0 bridgehead atoms. The fourth-order valence-electron chi connectivity index (χ4n) is 0. The fourth-order valence-corrected chi connectivity index (χ4v) is 0. The number of carboxylic acid groups (broad SMARTS) is 1. The van der Waals surface area contributed by atoms with Crippen molar-refractivity contribution in [2.45, 2.75) is 12.3 Å². The van der Waals surface area contributed by atoms with Crippen LogP contribution in [-0.4, -0.2) is 65.3 Å². The van der Waals surface area contributed by atoms with E-state index in [-0.39, 0.29) is 48.9 Å². The molecule has 1 atom stereocenters. The quantitative estimate of drug-likeness (QED) is 0.514. The van der Waals surface area contributed by atoms with E-state index in [0.29, 0.717) is 0 Å². The Balaban J connectivity index is 0. The molecule has 0 saturated carbocycles. The Kier molecular flexibility index (Phi) is 8.73. The van der Waals surface area contributed by atoms with Crippen LogP contribution in [0.15, 0.2) is 0 Å². The predicted molar refractivity (Wildman–Crippen MR) is 31.5 cm³/mol. The number of rotatable bonds is 1. The zero-order valence-electron chi connectivity index (χ0n) is 3.31. The molecule has 40 valence electrons. The maximum absolute atomic E-state index is 9.57. The van der Waals surface area contributed by atoms with E-state index in [4.69, 9.17) is 16.7 Å². The van der Waals surface area contributed by atoms with E-state index in [1.165, 1.54) is 6.92 Å². The third-order valence-corrected chi connectivity index (χ3v) is 0.527. The minimum absolute atomic E-state index is 0. The number of hydrogen-bond acceptors (Lipinski definition) is 1. The Morgan fingerprint density at radius 2 is 2.00 bits per heavy atom. The second-order valence-corrected chi connectivity index (χ2v) is 1.61. The molecule has 0 amide bonds. The van der Waals surface area contributed by atoms with Crippen molar-refractivity contribution < 1.29 is 9.90 Å². The van der Waals surface area contributed by atoms with Crippen molar-refractivity contribution in [2.24, 2.45) is 0 Å². The Bertz CT molecular complexity index is 64.0. The summed E-state index contributed by atoms with van der Waals surface area (Å²) in [6.07, 6.45) is 0. The summed E-state index contributed by atoms with van der Waals surface area (Å²) in [5, 5.41) is 7.10. The first-order valence-corrected chi connectivity index (χ1v) is 1.95. The number of carbonyl (C=O) groups is 1. The molecule has 1 unspecified atom stereocenters. The molecular weight excluding hydrogens is 241 g/mol. The van der Waals surface area contributed by atoms with Gasteiger partial charge in [-0.25, -0.2) is 0 Å². The molecule has 0 aromatic heterocycles. The topological polar surface area (TPSA) is 37.3 Å². The first kappa shape index (κ1) is 11.2. The number of alkyl halides is 1. The van der Waals surface area contributed by atoms with Gasteiger partial charge in [0.05, 0.1) is 0 Å². The number of aliphatic carboxylic acids is 1. The summed E-state index contributed by atoms with van der Waals surface area (Å²) in [6.45, 7) is 1.41. The van der Waals surface area contributed by atoms with Crippen LogP contribution in [0.1, 0.15) is 6.92 Å². The van der Waals surface area contributed by atoms with E-state index >= 15 is 0 Å². The Morgan fingerprint density at radius 1 is 1.86 bits per heavy atom. The van der Waals surface area contributed by atoms with Gasteiger partial charge in [-0.15, -0.1) is 11.6 Å². The second-order valence-electron chi connectivity index (χ2n) is 0.954. The van der Waals surface area contributed by atoms with Crippen molar-refractivity contribution in [1.29, 1.82) is 0 Å². The van der Waals surface area contributed by atoms with Crippen LogP contribution in [0, 0.1) is 0 Å². The van der Waals surface area contributed by atoms with Crippen molar-refractivity contribution in [3.05, 3.63) is 0 Å². The van der Waals surface area contributed by atoms with E-state index in [9.17, 15) is 4.79 Å². The van der Waals surface area contributed by atoms with Crippen LogP contribution in [0.4, 0.5) is 0 Å². The second kappa shape index (κ2) is 5.47. The van der Waals surface area contributed by atoms with Gasteiger partial charge in [-0.2, -0.15) is 0 Å². The molecule has 0 aromatic rings. The van der Waals surface area contributed by atoms with Gasteiger partial charge in [-0.3, -0.25) is 4.79 Å². The molecule has 0 aliphatic rings. The average Bonchev–Trinajstić information content (AvgIpc) is 1.36. The monoisotopic (exact) mass is 248 g/mol. The van der Waals surface area contributed by atoms with Crippen LogP contribution in [0.5, 0.6) is 0 Å². The molecule has 7 heavy (non-hydrogen) atoms. The molecule has 0 radical (unpaired) electrons. The summed E-state index contributed by atoms with van der Waals surface area (Å²) in [4.78, 5) is 9.57. The van der Waals surface area contributed by atoms with Crippen LogP contribution in [0.2, 0.25) is 0 Å². The minimum atomic E-state index is -0.975. The van der Waals surface area contributed by atoms with Crippen molar-refractivity contribution in [2.75, 3.05) is 0 Å². The summed E-state index contributed by atoms with van der Waals surface area (Å²) in [7, 11) is 0. The Hall–Kier alpha value is 1.33. The van der Waals surface area contributed by atoms with Crippen molar-refractivity contribution in [3.8, 4) is 0 Å². The van der Waals surface area contributed by atoms with Gasteiger partial charge in [0.1, 0.15) is 5.38 Å². The maximum atomic E-state index is 9.57. The summed E-state index contributed by atoms with van der Waals surface area (Å²) in [5.74, 6) is -0.975. The standard InChI is InChI=1S/C3H5ClO2.Ba.2H/c1-2(4)3(5)6;;;/h2H,1H3,(H,5,6);;;. The molecule has 0 rings (SSSR count). The summed E-state index contributed by atoms with van der Waals surface area (Å²) < 4.78 is 0. The van der Waals surface area contributed by atoms with E-state index < -0.39 is 11.3 Å². The van der Waals surface area contributed by atoms with Gasteiger partial charge in [0.2, 0.25) is 0 Å². The van der Waals surface area contributed by atoms with Gasteiger partial charge in [-0.05, 0) is 6.92 Å². The van der Waals surface area contributed by atoms with Crippen molar-refractivity contribution in [1.82, 2.24) is 0 Å². The van der Waals surface area contributed by atoms with Gasteiger partial charge >= 0.3 is 54.9 Å². The summed E-state index contributed by atoms with van der Waals surface area (Å²) >= 11 is 5.01. The molecule has 4 heteroatoms. The summed E-state index contributed by atoms with van der Waals surface area (Å²) in [5.41, 5.74) is 0. The van der Waals surface area contributed by atoms with Gasteiger partial charge < -0.3 is 5.11 Å². The third-order valence-electron chi connectivity index (χ3n) is 0.340. The SMILES string of the molecule is CC(Cl)C(=O)O.[BaH2]. The molecule has 0 aliphatic carbocycles. The van der Waals surface area contributed by atoms with Crippen LogP contribution in [0.3, 0.4) is 0 Å². The molecule has 0 heterocycles. The van der Waals surface area contributed by atoms with Crippen LogP contribution in [0.25, 0.3) is 0 Å². The summed E-state index contributed by atoms with van der Waals surface area (Å²) in [6, 6.07) is 0. The van der Waals surface area contributed by atoms with E-state index in [0.717, 1.165) is 0 Å². The van der Waals surface area contributed by atoms with Crippen LogP contribution in [-0.2, 0) is 4.79 Å². The molecule has 2 nitrogen and oxygen atoms in total. The molecule has 0 aliphatic heterocycles. The molecule has 1 N–H and O–H groups in total. The molecular formula is C3H7BaClO2. The zero-order chi connectivity index (χ0) is 5.15. The van der Waals surface area contributed by atoms with Gasteiger partial charge in [0.25, 0.3) is 0 Å². The first-order valence-electron chi connectivity index (χ1n) is 1.51. The number of halogens is 1. The first-order chi connectivity index (χ1) is 2.64. The van der Waals surface area contributed by atoms with Gasteiger partial charge in [-0.1, -0.05) is 0 Å². The van der Waals surface area contributed by atoms with E-state index in [1.54, 1.807) is 0 Å². The van der Waals surface area contributed by atoms with Crippen molar-refractivity contribution in [3.63, 3.8) is 0 Å². The normalized spacial score (nSPS) is 11.7. The van der Waals surface area contributed by atoms with Crippen LogP contribution >= 0.6 is 11.6 Å². The molecule has 0 fully saturated rings. The van der Waals surface area contributed by atoms with Gasteiger partial charge in [0.15, 0.2) is 0 Å². The Morgan fingerprint density at radius 3 is 2.00 bits per heavy atom. The van der Waals surface area contributed by atoms with Crippen LogP contribution < -0.4 is 0 Å². The fraction of sp³-hybridized carbons (Fsp3) is 0.667. The van der Waals surface area contributed by atoms with Crippen molar-refractivity contribution >= 4 is 66.5 Å². The Labute approximate surface area is 87.3 Å². The number of carboxylic acids is 1. The van der Waals surface area contributed by atoms with Gasteiger partial charge in [0, 0.05) is 0 Å². The van der Waals surface area contributed by atoms with E-state index in [2.05, 4.69) is 0 Å². The van der Waals surface area contributed by atoms with E-state index in [1.807, 2.05) is 0 Å². The number of hydrogen-bond donors (Lipinski definition) is 1. The average molecular weight is 248 g/mol.